The monoisotopic (exact) mass is 381 g/mol. The number of hydrogen-bond donors (Lipinski definition) is 1. The molecule has 1 unspecified atom stereocenters. The van der Waals surface area contributed by atoms with Crippen molar-refractivity contribution in [1.29, 1.82) is 0 Å². The van der Waals surface area contributed by atoms with E-state index in [0.29, 0.717) is 28.5 Å². The standard InChI is InChI=1S/C21H23N3O4/c1-4-7-13(2)18-10-14(3)19(21(26)27-18)20(25)23-12-15-11-17(24-28-15)16-8-5-6-9-22-16/h5-6,8-11,13H,4,7,12H2,1-3H3,(H,23,25). The average Bonchev–Trinajstić information content (AvgIpc) is 3.16. The lowest BCUT2D eigenvalue weighted by Gasteiger charge is -2.11. The Balaban J connectivity index is 1.70. The van der Waals surface area contributed by atoms with Crippen molar-refractivity contribution in [3.8, 4) is 11.4 Å². The molecule has 0 bridgehead atoms. The van der Waals surface area contributed by atoms with Crippen LogP contribution in [0.5, 0.6) is 0 Å². The largest absolute Gasteiger partial charge is 0.427 e. The summed E-state index contributed by atoms with van der Waals surface area (Å²) >= 11 is 0. The third kappa shape index (κ3) is 4.36. The minimum Gasteiger partial charge on any atom is -0.427 e. The summed E-state index contributed by atoms with van der Waals surface area (Å²) < 4.78 is 10.6. The summed E-state index contributed by atoms with van der Waals surface area (Å²) in [5.41, 5.74) is 1.24. The zero-order chi connectivity index (χ0) is 20.1. The fourth-order valence-corrected chi connectivity index (χ4v) is 3.01. The first-order valence-corrected chi connectivity index (χ1v) is 9.29. The number of hydrogen-bond acceptors (Lipinski definition) is 6. The van der Waals surface area contributed by atoms with Gasteiger partial charge in [0.1, 0.15) is 17.0 Å². The summed E-state index contributed by atoms with van der Waals surface area (Å²) in [5, 5.41) is 6.63. The van der Waals surface area contributed by atoms with Gasteiger partial charge < -0.3 is 14.3 Å². The van der Waals surface area contributed by atoms with Crippen LogP contribution in [-0.4, -0.2) is 16.0 Å². The first-order valence-electron chi connectivity index (χ1n) is 9.29. The second kappa shape index (κ2) is 8.65. The summed E-state index contributed by atoms with van der Waals surface area (Å²) in [6, 6.07) is 8.95. The van der Waals surface area contributed by atoms with Crippen molar-refractivity contribution in [2.75, 3.05) is 0 Å². The number of nitrogens with one attached hydrogen (secondary N) is 1. The van der Waals surface area contributed by atoms with Gasteiger partial charge in [-0.05, 0) is 37.1 Å². The van der Waals surface area contributed by atoms with Gasteiger partial charge in [-0.3, -0.25) is 9.78 Å². The molecule has 3 heterocycles. The molecule has 0 saturated carbocycles. The van der Waals surface area contributed by atoms with Crippen LogP contribution in [0.4, 0.5) is 0 Å². The van der Waals surface area contributed by atoms with E-state index >= 15 is 0 Å². The van der Waals surface area contributed by atoms with Gasteiger partial charge in [-0.25, -0.2) is 4.79 Å². The van der Waals surface area contributed by atoms with E-state index in [1.165, 1.54) is 0 Å². The number of carbonyl (C=O) groups excluding carboxylic acids is 1. The Bertz CT molecular complexity index is 1010. The number of amides is 1. The summed E-state index contributed by atoms with van der Waals surface area (Å²) in [5.74, 6) is 0.699. The van der Waals surface area contributed by atoms with Gasteiger partial charge in [0.05, 0.1) is 12.2 Å². The van der Waals surface area contributed by atoms with E-state index in [4.69, 9.17) is 8.94 Å². The molecule has 3 rings (SSSR count). The SMILES string of the molecule is CCCC(C)c1cc(C)c(C(=O)NCc2cc(-c3ccccn3)no2)c(=O)o1. The molecule has 0 spiro atoms. The van der Waals surface area contributed by atoms with E-state index in [2.05, 4.69) is 22.4 Å². The Hall–Kier alpha value is -3.22. The maximum absolute atomic E-state index is 12.5. The highest BCUT2D eigenvalue weighted by Crippen LogP contribution is 2.21. The second-order valence-corrected chi connectivity index (χ2v) is 6.76. The number of carbonyl (C=O) groups is 1. The molecule has 7 heteroatoms. The number of rotatable bonds is 7. The quantitative estimate of drug-likeness (QED) is 0.668. The zero-order valence-corrected chi connectivity index (χ0v) is 16.2. The normalized spacial score (nSPS) is 12.0. The van der Waals surface area contributed by atoms with Crippen molar-refractivity contribution in [3.63, 3.8) is 0 Å². The molecule has 146 valence electrons. The van der Waals surface area contributed by atoms with Gasteiger partial charge in [-0.15, -0.1) is 0 Å². The maximum atomic E-state index is 12.5. The number of nitrogens with zero attached hydrogens (tertiary/aromatic N) is 2. The van der Waals surface area contributed by atoms with E-state index in [1.54, 1.807) is 25.3 Å². The van der Waals surface area contributed by atoms with Gasteiger partial charge in [0, 0.05) is 18.2 Å². The molecule has 3 aromatic rings. The van der Waals surface area contributed by atoms with Crippen LogP contribution in [0.1, 0.15) is 60.0 Å². The predicted octanol–water partition coefficient (Wildman–Crippen LogP) is 3.83. The third-order valence-corrected chi connectivity index (χ3v) is 4.51. The summed E-state index contributed by atoms with van der Waals surface area (Å²) in [7, 11) is 0. The number of pyridine rings is 1. The Kier molecular flexibility index (Phi) is 6.03. The second-order valence-electron chi connectivity index (χ2n) is 6.76. The van der Waals surface area contributed by atoms with Crippen LogP contribution in [-0.2, 0) is 6.54 Å². The molecule has 0 aromatic carbocycles. The molecule has 28 heavy (non-hydrogen) atoms. The van der Waals surface area contributed by atoms with Crippen LogP contribution < -0.4 is 10.9 Å². The third-order valence-electron chi connectivity index (χ3n) is 4.51. The Morgan fingerprint density at radius 2 is 2.07 bits per heavy atom. The lowest BCUT2D eigenvalue weighted by molar-refractivity contribution is 0.0941. The molecular weight excluding hydrogens is 358 g/mol. The van der Waals surface area contributed by atoms with Crippen molar-refractivity contribution in [2.45, 2.75) is 46.1 Å². The Morgan fingerprint density at radius 1 is 1.25 bits per heavy atom. The predicted molar refractivity (Wildman–Crippen MR) is 104 cm³/mol. The van der Waals surface area contributed by atoms with E-state index in [1.807, 2.05) is 25.1 Å². The summed E-state index contributed by atoms with van der Waals surface area (Å²) in [6.07, 6.45) is 3.57. The van der Waals surface area contributed by atoms with Gasteiger partial charge in [-0.1, -0.05) is 31.5 Å². The molecular formula is C21H23N3O4. The van der Waals surface area contributed by atoms with Crippen LogP contribution in [0.25, 0.3) is 11.4 Å². The molecule has 0 aliphatic rings. The van der Waals surface area contributed by atoms with Crippen molar-refractivity contribution in [3.05, 3.63) is 69.6 Å². The molecule has 7 nitrogen and oxygen atoms in total. The van der Waals surface area contributed by atoms with E-state index in [0.717, 1.165) is 12.8 Å². The Morgan fingerprint density at radius 3 is 2.75 bits per heavy atom. The molecule has 0 radical (unpaired) electrons. The fraction of sp³-hybridized carbons (Fsp3) is 0.333. The number of aryl methyl sites for hydroxylation is 1. The van der Waals surface area contributed by atoms with Gasteiger partial charge in [-0.2, -0.15) is 0 Å². The molecule has 0 fully saturated rings. The summed E-state index contributed by atoms with van der Waals surface area (Å²) in [6.45, 7) is 5.92. The average molecular weight is 381 g/mol. The fourth-order valence-electron chi connectivity index (χ4n) is 3.01. The lowest BCUT2D eigenvalue weighted by Crippen LogP contribution is -2.29. The summed E-state index contributed by atoms with van der Waals surface area (Å²) in [4.78, 5) is 29.0. The van der Waals surface area contributed by atoms with Crippen molar-refractivity contribution < 1.29 is 13.7 Å². The Labute approximate surface area is 162 Å². The van der Waals surface area contributed by atoms with E-state index in [-0.39, 0.29) is 18.0 Å². The smallest absolute Gasteiger partial charge is 0.349 e. The van der Waals surface area contributed by atoms with Gasteiger partial charge in [0.25, 0.3) is 5.91 Å². The minimum atomic E-state index is -0.623. The van der Waals surface area contributed by atoms with Crippen molar-refractivity contribution in [1.82, 2.24) is 15.5 Å². The molecule has 1 N–H and O–H groups in total. The van der Waals surface area contributed by atoms with Gasteiger partial charge >= 0.3 is 5.63 Å². The lowest BCUT2D eigenvalue weighted by atomic mass is 10.0. The van der Waals surface area contributed by atoms with Crippen molar-refractivity contribution in [2.24, 2.45) is 0 Å². The molecule has 0 saturated heterocycles. The first-order chi connectivity index (χ1) is 13.5. The first kappa shape index (κ1) is 19.5. The van der Waals surface area contributed by atoms with Crippen LogP contribution in [0, 0.1) is 6.92 Å². The maximum Gasteiger partial charge on any atom is 0.349 e. The minimum absolute atomic E-state index is 0.0110. The van der Waals surface area contributed by atoms with Crippen LogP contribution in [0.2, 0.25) is 0 Å². The topological polar surface area (TPSA) is 98.2 Å². The molecule has 0 aliphatic carbocycles. The molecule has 1 amide bonds. The van der Waals surface area contributed by atoms with E-state index < -0.39 is 11.5 Å². The highest BCUT2D eigenvalue weighted by Gasteiger charge is 2.19. The molecule has 0 aliphatic heterocycles. The molecule has 1 atom stereocenters. The highest BCUT2D eigenvalue weighted by molar-refractivity contribution is 5.95. The van der Waals surface area contributed by atoms with Crippen LogP contribution in [0.15, 0.2) is 50.3 Å². The van der Waals surface area contributed by atoms with Crippen molar-refractivity contribution >= 4 is 5.91 Å². The van der Waals surface area contributed by atoms with E-state index in [9.17, 15) is 9.59 Å². The van der Waals surface area contributed by atoms with Gasteiger partial charge in [0.15, 0.2) is 5.76 Å². The zero-order valence-electron chi connectivity index (χ0n) is 16.2. The molecule has 3 aromatic heterocycles. The highest BCUT2D eigenvalue weighted by atomic mass is 16.5. The van der Waals surface area contributed by atoms with Crippen LogP contribution in [0.3, 0.4) is 0 Å². The van der Waals surface area contributed by atoms with Gasteiger partial charge in [0.2, 0.25) is 0 Å². The van der Waals surface area contributed by atoms with Crippen LogP contribution >= 0.6 is 0 Å². The number of aromatic nitrogens is 2.